The van der Waals surface area contributed by atoms with Gasteiger partial charge in [-0.05, 0) is 68.6 Å². The van der Waals surface area contributed by atoms with E-state index < -0.39 is 0 Å². The number of aromatic nitrogens is 2. The summed E-state index contributed by atoms with van der Waals surface area (Å²) in [7, 11) is 0. The quantitative estimate of drug-likeness (QED) is 0.389. The Kier molecular flexibility index (Phi) is 7.52. The van der Waals surface area contributed by atoms with Gasteiger partial charge in [0.05, 0.1) is 11.7 Å². The van der Waals surface area contributed by atoms with Gasteiger partial charge in [-0.1, -0.05) is 31.4 Å². The average molecular weight is 485 g/mol. The number of carbonyl (C=O) groups excluding carboxylic acids is 2. The minimum atomic E-state index is -0.119. The lowest BCUT2D eigenvalue weighted by Gasteiger charge is -2.22. The van der Waals surface area contributed by atoms with Crippen molar-refractivity contribution in [2.45, 2.75) is 57.0 Å². The van der Waals surface area contributed by atoms with Crippen molar-refractivity contribution in [3.8, 4) is 11.3 Å². The average Bonchev–Trinajstić information content (AvgIpc) is 3.44. The van der Waals surface area contributed by atoms with E-state index in [0.717, 1.165) is 61.3 Å². The van der Waals surface area contributed by atoms with Gasteiger partial charge in [-0.2, -0.15) is 0 Å². The van der Waals surface area contributed by atoms with Crippen LogP contribution in [0.5, 0.6) is 0 Å². The van der Waals surface area contributed by atoms with Crippen molar-refractivity contribution >= 4 is 29.0 Å². The molecule has 1 aliphatic carbocycles. The summed E-state index contributed by atoms with van der Waals surface area (Å²) < 4.78 is 0. The number of anilines is 3. The van der Waals surface area contributed by atoms with E-state index in [1.54, 1.807) is 0 Å². The van der Waals surface area contributed by atoms with Gasteiger partial charge in [0.2, 0.25) is 5.91 Å². The molecule has 2 heterocycles. The molecule has 4 N–H and O–H groups in total. The van der Waals surface area contributed by atoms with Crippen molar-refractivity contribution in [1.29, 1.82) is 0 Å². The molecule has 8 nitrogen and oxygen atoms in total. The summed E-state index contributed by atoms with van der Waals surface area (Å²) in [6, 6.07) is 17.1. The number of nitrogens with one attached hydrogen (secondary N) is 4. The van der Waals surface area contributed by atoms with Crippen LogP contribution in [0.2, 0.25) is 0 Å². The third-order valence-corrected chi connectivity index (χ3v) is 6.85. The van der Waals surface area contributed by atoms with Gasteiger partial charge in [0, 0.05) is 34.6 Å². The molecule has 5 rings (SSSR count). The van der Waals surface area contributed by atoms with Crippen LogP contribution in [-0.2, 0) is 4.79 Å². The topological polar surface area (TPSA) is 108 Å². The zero-order chi connectivity index (χ0) is 24.7. The van der Waals surface area contributed by atoms with Crippen LogP contribution in [-0.4, -0.2) is 40.4 Å². The fraction of sp³-hybridized carbons (Fsp3) is 0.357. The summed E-state index contributed by atoms with van der Waals surface area (Å²) >= 11 is 0. The van der Waals surface area contributed by atoms with Gasteiger partial charge < -0.3 is 21.3 Å². The summed E-state index contributed by atoms with van der Waals surface area (Å²) in [5, 5.41) is 12.7. The lowest BCUT2D eigenvalue weighted by molar-refractivity contribution is -0.118. The maximum atomic E-state index is 12.5. The van der Waals surface area contributed by atoms with Crippen LogP contribution in [0.15, 0.2) is 60.9 Å². The van der Waals surface area contributed by atoms with Gasteiger partial charge in [0.15, 0.2) is 0 Å². The van der Waals surface area contributed by atoms with E-state index in [4.69, 9.17) is 0 Å². The maximum Gasteiger partial charge on any atom is 0.251 e. The Morgan fingerprint density at radius 3 is 2.28 bits per heavy atom. The molecule has 2 aromatic carbocycles. The first-order valence-electron chi connectivity index (χ1n) is 12.8. The Morgan fingerprint density at radius 2 is 1.56 bits per heavy atom. The number of nitrogens with zero attached hydrogens (tertiary/aromatic N) is 2. The third kappa shape index (κ3) is 6.07. The van der Waals surface area contributed by atoms with Crippen LogP contribution in [0.4, 0.5) is 17.2 Å². The highest BCUT2D eigenvalue weighted by Gasteiger charge is 2.20. The van der Waals surface area contributed by atoms with Crippen molar-refractivity contribution in [2.24, 2.45) is 0 Å². The molecule has 1 aliphatic heterocycles. The number of benzene rings is 2. The maximum absolute atomic E-state index is 12.5. The van der Waals surface area contributed by atoms with Gasteiger partial charge in [-0.3, -0.25) is 9.59 Å². The fourth-order valence-electron chi connectivity index (χ4n) is 4.80. The molecule has 1 saturated heterocycles. The van der Waals surface area contributed by atoms with Crippen molar-refractivity contribution in [3.05, 3.63) is 66.5 Å². The molecular formula is C28H32N6O2. The van der Waals surface area contributed by atoms with E-state index in [0.29, 0.717) is 17.4 Å². The molecule has 1 aromatic heterocycles. The number of carbonyl (C=O) groups is 2. The van der Waals surface area contributed by atoms with Crippen LogP contribution in [0.1, 0.15) is 55.3 Å². The summed E-state index contributed by atoms with van der Waals surface area (Å²) in [4.78, 5) is 33.6. The SMILES string of the molecule is O=C(NC1CCCC1)c1ccc(-c2cc(Nc3ccc(NC(=O)[C@@H]4CCCCN4)cc3)ncn2)cc1. The highest BCUT2D eigenvalue weighted by Crippen LogP contribution is 2.23. The minimum Gasteiger partial charge on any atom is -0.349 e. The molecule has 1 saturated carbocycles. The fourth-order valence-corrected chi connectivity index (χ4v) is 4.80. The standard InChI is InChI=1S/C28H32N6O2/c35-27(33-21-5-1-2-6-21)20-10-8-19(9-11-20)25-17-26(31-18-30-25)32-22-12-14-23(15-13-22)34-28(36)24-7-3-4-16-29-24/h8-15,17-18,21,24,29H,1-7,16H2,(H,33,35)(H,34,36)(H,30,31,32)/t24-/m0/s1. The molecule has 2 aliphatic rings. The van der Waals surface area contributed by atoms with Crippen molar-refractivity contribution in [2.75, 3.05) is 17.2 Å². The highest BCUT2D eigenvalue weighted by atomic mass is 16.2. The lowest BCUT2D eigenvalue weighted by atomic mass is 10.0. The van der Waals surface area contributed by atoms with Crippen molar-refractivity contribution in [1.82, 2.24) is 20.6 Å². The summed E-state index contributed by atoms with van der Waals surface area (Å²) in [5.74, 6) is 0.650. The minimum absolute atomic E-state index is 0.0119. The first kappa shape index (κ1) is 23.9. The summed E-state index contributed by atoms with van der Waals surface area (Å²) in [6.45, 7) is 0.891. The highest BCUT2D eigenvalue weighted by molar-refractivity contribution is 5.95. The Morgan fingerprint density at radius 1 is 0.833 bits per heavy atom. The van der Waals surface area contributed by atoms with E-state index in [2.05, 4.69) is 31.2 Å². The Bertz CT molecular complexity index is 1180. The van der Waals surface area contributed by atoms with E-state index in [9.17, 15) is 9.59 Å². The normalized spacial score (nSPS) is 17.9. The number of amides is 2. The smallest absolute Gasteiger partial charge is 0.251 e. The summed E-state index contributed by atoms with van der Waals surface area (Å²) in [6.07, 6.45) is 9.10. The number of hydrogen-bond acceptors (Lipinski definition) is 6. The Hall–Kier alpha value is -3.78. The second kappa shape index (κ2) is 11.3. The van der Waals surface area contributed by atoms with Gasteiger partial charge in [-0.15, -0.1) is 0 Å². The van der Waals surface area contributed by atoms with Crippen LogP contribution in [0, 0.1) is 0 Å². The van der Waals surface area contributed by atoms with E-state index >= 15 is 0 Å². The largest absolute Gasteiger partial charge is 0.349 e. The molecule has 36 heavy (non-hydrogen) atoms. The predicted molar refractivity (Wildman–Crippen MR) is 141 cm³/mol. The molecule has 186 valence electrons. The molecule has 0 radical (unpaired) electrons. The first-order chi connectivity index (χ1) is 17.6. The van der Waals surface area contributed by atoms with E-state index in [1.807, 2.05) is 54.6 Å². The zero-order valence-electron chi connectivity index (χ0n) is 20.3. The number of hydrogen-bond donors (Lipinski definition) is 4. The lowest BCUT2D eigenvalue weighted by Crippen LogP contribution is -2.43. The number of piperidine rings is 1. The van der Waals surface area contributed by atoms with E-state index in [1.165, 1.54) is 19.2 Å². The van der Waals surface area contributed by atoms with Crippen molar-refractivity contribution < 1.29 is 9.59 Å². The molecule has 2 fully saturated rings. The van der Waals surface area contributed by atoms with Crippen molar-refractivity contribution in [3.63, 3.8) is 0 Å². The molecule has 0 spiro atoms. The molecule has 0 unspecified atom stereocenters. The van der Waals surface area contributed by atoms with Crippen LogP contribution in [0.3, 0.4) is 0 Å². The second-order valence-electron chi connectivity index (χ2n) is 9.51. The number of rotatable bonds is 7. The van der Waals surface area contributed by atoms with E-state index in [-0.39, 0.29) is 17.9 Å². The molecule has 3 aromatic rings. The molecule has 0 bridgehead atoms. The monoisotopic (exact) mass is 484 g/mol. The second-order valence-corrected chi connectivity index (χ2v) is 9.51. The van der Waals surface area contributed by atoms with Crippen LogP contribution >= 0.6 is 0 Å². The van der Waals surface area contributed by atoms with Gasteiger partial charge in [-0.25, -0.2) is 9.97 Å². The van der Waals surface area contributed by atoms with Gasteiger partial charge >= 0.3 is 0 Å². The Balaban J connectivity index is 1.19. The predicted octanol–water partition coefficient (Wildman–Crippen LogP) is 4.64. The van der Waals surface area contributed by atoms with Gasteiger partial charge in [0.25, 0.3) is 5.91 Å². The molecule has 2 amide bonds. The van der Waals surface area contributed by atoms with Gasteiger partial charge in [0.1, 0.15) is 12.1 Å². The van der Waals surface area contributed by atoms with Crippen LogP contribution in [0.25, 0.3) is 11.3 Å². The molecule has 8 heteroatoms. The van der Waals surface area contributed by atoms with Crippen LogP contribution < -0.4 is 21.3 Å². The molecular weight excluding hydrogens is 452 g/mol. The zero-order valence-corrected chi connectivity index (χ0v) is 20.3. The Labute approximate surface area is 211 Å². The first-order valence-corrected chi connectivity index (χ1v) is 12.8. The molecule has 1 atom stereocenters. The summed E-state index contributed by atoms with van der Waals surface area (Å²) in [5.41, 5.74) is 3.95. The third-order valence-electron chi connectivity index (χ3n) is 6.85.